The van der Waals surface area contributed by atoms with Crippen molar-refractivity contribution in [2.45, 2.75) is 66.2 Å². The smallest absolute Gasteiger partial charge is 0.352 e. The van der Waals surface area contributed by atoms with E-state index < -0.39 is 16.4 Å². The molecule has 0 N–H and O–H groups in total. The molecule has 0 aliphatic rings. The Hall–Kier alpha value is -1.56. The first-order chi connectivity index (χ1) is 10.4. The Labute approximate surface area is 139 Å². The molecule has 130 valence electrons. The molecular weight excluding hydrogens is 316 g/mol. The van der Waals surface area contributed by atoms with Crippen molar-refractivity contribution in [3.8, 4) is 5.75 Å². The van der Waals surface area contributed by atoms with Crippen LogP contribution in [0.15, 0.2) is 12.1 Å². The van der Waals surface area contributed by atoms with Crippen molar-refractivity contribution in [2.75, 3.05) is 0 Å². The predicted molar refractivity (Wildman–Crippen MR) is 90.0 cm³/mol. The van der Waals surface area contributed by atoms with Crippen LogP contribution in [-0.4, -0.2) is 14.4 Å². The summed E-state index contributed by atoms with van der Waals surface area (Å²) in [7, 11) is -4.43. The maximum absolute atomic E-state index is 11.9. The summed E-state index contributed by atoms with van der Waals surface area (Å²) in [5.41, 5.74) is 2.70. The second-order valence-corrected chi connectivity index (χ2v) is 7.71. The van der Waals surface area contributed by atoms with Crippen LogP contribution in [0, 0.1) is 0 Å². The van der Waals surface area contributed by atoms with Gasteiger partial charge in [-0.25, -0.2) is 0 Å². The number of rotatable bonds is 6. The molecule has 1 rings (SSSR count). The summed E-state index contributed by atoms with van der Waals surface area (Å²) in [6, 6.07) is 3.92. The summed E-state index contributed by atoms with van der Waals surface area (Å²) < 4.78 is 33.3. The SMILES string of the molecule is CC(=O)OS(=O)(=O)Oc1c(C(C)C)cc(C(C)C)cc1C(C)C. The van der Waals surface area contributed by atoms with Crippen LogP contribution in [0.25, 0.3) is 0 Å². The van der Waals surface area contributed by atoms with Crippen LogP contribution in [0.1, 0.15) is 82.9 Å². The van der Waals surface area contributed by atoms with Gasteiger partial charge in [0.2, 0.25) is 0 Å². The van der Waals surface area contributed by atoms with Crippen molar-refractivity contribution >= 4 is 16.4 Å². The van der Waals surface area contributed by atoms with Crippen LogP contribution in [0.3, 0.4) is 0 Å². The Bertz CT molecular complexity index is 643. The molecule has 0 saturated heterocycles. The van der Waals surface area contributed by atoms with E-state index in [9.17, 15) is 13.2 Å². The van der Waals surface area contributed by atoms with Gasteiger partial charge in [0.1, 0.15) is 0 Å². The molecule has 1 aromatic rings. The average molecular weight is 342 g/mol. The van der Waals surface area contributed by atoms with E-state index in [1.165, 1.54) is 0 Å². The van der Waals surface area contributed by atoms with E-state index >= 15 is 0 Å². The molecule has 23 heavy (non-hydrogen) atoms. The lowest BCUT2D eigenvalue weighted by Crippen LogP contribution is -2.18. The van der Waals surface area contributed by atoms with Gasteiger partial charge in [0, 0.05) is 6.92 Å². The monoisotopic (exact) mass is 342 g/mol. The number of hydrogen-bond acceptors (Lipinski definition) is 5. The Kier molecular flexibility index (Phi) is 6.22. The highest BCUT2D eigenvalue weighted by Gasteiger charge is 2.25. The molecule has 0 bridgehead atoms. The summed E-state index contributed by atoms with van der Waals surface area (Å²) in [4.78, 5) is 10.9. The molecule has 1 aromatic carbocycles. The predicted octanol–water partition coefficient (Wildman–Crippen LogP) is 4.24. The van der Waals surface area contributed by atoms with E-state index in [1.54, 1.807) is 0 Å². The molecule has 0 atom stereocenters. The molecule has 0 fully saturated rings. The minimum atomic E-state index is -4.43. The lowest BCUT2D eigenvalue weighted by atomic mass is 9.88. The standard InChI is InChI=1S/C17H26O5S/c1-10(2)14-8-15(11(3)4)17(16(9-14)12(5)6)22-23(19,20)21-13(7)18/h8-12H,1-7H3. The minimum absolute atomic E-state index is 0.0636. The van der Waals surface area contributed by atoms with Crippen molar-refractivity contribution in [1.29, 1.82) is 0 Å². The molecule has 0 unspecified atom stereocenters. The van der Waals surface area contributed by atoms with Crippen molar-refractivity contribution in [2.24, 2.45) is 0 Å². The Balaban J connectivity index is 3.52. The third kappa shape index (κ3) is 5.23. The van der Waals surface area contributed by atoms with Gasteiger partial charge in [-0.15, -0.1) is 8.42 Å². The number of carbonyl (C=O) groups excluding carboxylic acids is 1. The van der Waals surface area contributed by atoms with Crippen molar-refractivity contribution in [3.63, 3.8) is 0 Å². The van der Waals surface area contributed by atoms with E-state index in [1.807, 2.05) is 39.8 Å². The molecule has 0 amide bonds. The molecule has 0 heterocycles. The Morgan fingerprint density at radius 3 is 1.65 bits per heavy atom. The molecule has 6 heteroatoms. The third-order valence-electron chi connectivity index (χ3n) is 3.48. The van der Waals surface area contributed by atoms with Crippen molar-refractivity contribution < 1.29 is 21.6 Å². The lowest BCUT2D eigenvalue weighted by Gasteiger charge is -2.21. The second kappa shape index (κ2) is 7.34. The summed E-state index contributed by atoms with van der Waals surface area (Å²) in [5.74, 6) is -0.228. The van der Waals surface area contributed by atoms with Gasteiger partial charge in [0.15, 0.2) is 5.75 Å². The first-order valence-corrected chi connectivity index (χ1v) is 9.10. The van der Waals surface area contributed by atoms with Gasteiger partial charge < -0.3 is 8.37 Å². The molecule has 0 aromatic heterocycles. The topological polar surface area (TPSA) is 69.7 Å². The number of carbonyl (C=O) groups is 1. The van der Waals surface area contributed by atoms with Crippen LogP contribution < -0.4 is 4.18 Å². The second-order valence-electron chi connectivity index (χ2n) is 6.56. The quantitative estimate of drug-likeness (QED) is 0.773. The van der Waals surface area contributed by atoms with Crippen LogP contribution in [0.2, 0.25) is 0 Å². The lowest BCUT2D eigenvalue weighted by molar-refractivity contribution is -0.131. The summed E-state index contributed by atoms with van der Waals surface area (Å²) >= 11 is 0. The molecule has 0 radical (unpaired) electrons. The summed E-state index contributed by atoms with van der Waals surface area (Å²) in [6.45, 7) is 13.1. The van der Waals surface area contributed by atoms with Gasteiger partial charge >= 0.3 is 16.4 Å². The zero-order chi connectivity index (χ0) is 17.9. The summed E-state index contributed by atoms with van der Waals surface area (Å²) in [6.07, 6.45) is 0. The third-order valence-corrected chi connectivity index (χ3v) is 4.29. The largest absolute Gasteiger partial charge is 0.503 e. The first kappa shape index (κ1) is 19.5. The molecule has 0 aliphatic heterocycles. The minimum Gasteiger partial charge on any atom is -0.352 e. The average Bonchev–Trinajstić information content (AvgIpc) is 2.35. The first-order valence-electron chi connectivity index (χ1n) is 7.76. The van der Waals surface area contributed by atoms with Gasteiger partial charge in [-0.1, -0.05) is 53.7 Å². The summed E-state index contributed by atoms with van der Waals surface area (Å²) in [5, 5.41) is 0. The fourth-order valence-corrected chi connectivity index (χ4v) is 2.97. The highest BCUT2D eigenvalue weighted by Crippen LogP contribution is 2.38. The molecule has 0 aliphatic carbocycles. The van der Waals surface area contributed by atoms with Crippen LogP contribution in [0.5, 0.6) is 5.75 Å². The van der Waals surface area contributed by atoms with Gasteiger partial charge in [0.05, 0.1) is 0 Å². The van der Waals surface area contributed by atoms with Crippen LogP contribution >= 0.6 is 0 Å². The highest BCUT2D eigenvalue weighted by atomic mass is 32.3. The zero-order valence-electron chi connectivity index (χ0n) is 14.8. The van der Waals surface area contributed by atoms with Gasteiger partial charge in [0.25, 0.3) is 0 Å². The van der Waals surface area contributed by atoms with Crippen molar-refractivity contribution in [1.82, 2.24) is 0 Å². The Morgan fingerprint density at radius 1 is 0.913 bits per heavy atom. The maximum Gasteiger partial charge on any atom is 0.503 e. The highest BCUT2D eigenvalue weighted by molar-refractivity contribution is 7.82. The molecular formula is C17H26O5S. The van der Waals surface area contributed by atoms with E-state index in [-0.39, 0.29) is 17.6 Å². The molecule has 0 saturated carbocycles. The van der Waals surface area contributed by atoms with E-state index in [2.05, 4.69) is 18.0 Å². The zero-order valence-corrected chi connectivity index (χ0v) is 15.7. The van der Waals surface area contributed by atoms with Gasteiger partial charge in [-0.2, -0.15) is 0 Å². The fourth-order valence-electron chi connectivity index (χ4n) is 2.25. The van der Waals surface area contributed by atoms with Gasteiger partial charge in [-0.05, 0) is 34.4 Å². The van der Waals surface area contributed by atoms with Crippen LogP contribution in [-0.2, 0) is 19.4 Å². The normalized spacial score (nSPS) is 12.1. The van der Waals surface area contributed by atoms with E-state index in [4.69, 9.17) is 4.18 Å². The number of benzene rings is 1. The maximum atomic E-state index is 11.9. The van der Waals surface area contributed by atoms with E-state index in [0.29, 0.717) is 5.92 Å². The Morgan fingerprint density at radius 2 is 1.35 bits per heavy atom. The fraction of sp³-hybridized carbons (Fsp3) is 0.588. The van der Waals surface area contributed by atoms with Crippen molar-refractivity contribution in [3.05, 3.63) is 28.8 Å². The number of hydrogen-bond donors (Lipinski definition) is 0. The van der Waals surface area contributed by atoms with E-state index in [0.717, 1.165) is 23.6 Å². The molecule has 0 spiro atoms. The molecule has 5 nitrogen and oxygen atoms in total. The van der Waals surface area contributed by atoms with Crippen LogP contribution in [0.4, 0.5) is 0 Å². The van der Waals surface area contributed by atoms with Gasteiger partial charge in [-0.3, -0.25) is 4.79 Å².